The van der Waals surface area contributed by atoms with E-state index >= 15 is 0 Å². The van der Waals surface area contributed by atoms with E-state index in [-0.39, 0.29) is 19.6 Å². The second kappa shape index (κ2) is 9.31. The summed E-state index contributed by atoms with van der Waals surface area (Å²) in [5.74, 6) is -0.484. The highest BCUT2D eigenvalue weighted by Gasteiger charge is 2.25. The molecule has 0 bridgehead atoms. The molecule has 0 saturated carbocycles. The Balaban J connectivity index is 4.72. The fourth-order valence-corrected chi connectivity index (χ4v) is 1.48. The number of alkyl carbamates (subject to hydrolysis) is 2. The molecule has 0 aromatic heterocycles. The maximum absolute atomic E-state index is 12.1. The molecule has 24 heavy (non-hydrogen) atoms. The molecular formula is C15H30N4O5. The van der Waals surface area contributed by atoms with Crippen molar-refractivity contribution >= 4 is 18.1 Å². The van der Waals surface area contributed by atoms with E-state index in [0.717, 1.165) is 0 Å². The van der Waals surface area contributed by atoms with Crippen LogP contribution in [-0.4, -0.2) is 55.0 Å². The highest BCUT2D eigenvalue weighted by molar-refractivity contribution is 5.86. The van der Waals surface area contributed by atoms with Crippen molar-refractivity contribution in [3.8, 4) is 0 Å². The largest absolute Gasteiger partial charge is 0.444 e. The molecule has 0 rings (SSSR count). The fourth-order valence-electron chi connectivity index (χ4n) is 1.48. The molecule has 1 atom stereocenters. The second-order valence-corrected chi connectivity index (χ2v) is 7.16. The van der Waals surface area contributed by atoms with Crippen LogP contribution in [0.5, 0.6) is 0 Å². The van der Waals surface area contributed by atoms with E-state index in [1.807, 2.05) is 0 Å². The van der Waals surface area contributed by atoms with Crippen LogP contribution in [0, 0.1) is 0 Å². The summed E-state index contributed by atoms with van der Waals surface area (Å²) in [4.78, 5) is 35.6. The molecule has 0 saturated heterocycles. The van der Waals surface area contributed by atoms with Gasteiger partial charge in [-0.1, -0.05) is 0 Å². The van der Waals surface area contributed by atoms with Gasteiger partial charge in [-0.2, -0.15) is 0 Å². The minimum Gasteiger partial charge on any atom is -0.444 e. The number of nitrogens with one attached hydrogen (secondary N) is 3. The number of nitrogens with two attached hydrogens (primary N) is 1. The number of hydrogen-bond acceptors (Lipinski definition) is 6. The molecule has 0 spiro atoms. The van der Waals surface area contributed by atoms with Crippen molar-refractivity contribution in [2.45, 2.75) is 58.8 Å². The zero-order valence-electron chi connectivity index (χ0n) is 15.3. The predicted molar refractivity (Wildman–Crippen MR) is 89.5 cm³/mol. The molecule has 9 nitrogen and oxygen atoms in total. The molecule has 0 aliphatic rings. The summed E-state index contributed by atoms with van der Waals surface area (Å²) in [5, 5.41) is 7.40. The zero-order chi connectivity index (χ0) is 19.0. The van der Waals surface area contributed by atoms with Crippen molar-refractivity contribution in [2.75, 3.05) is 19.6 Å². The number of amides is 3. The molecule has 140 valence electrons. The molecule has 1 unspecified atom stereocenters. The number of rotatable bonds is 6. The lowest BCUT2D eigenvalue weighted by molar-refractivity contribution is -0.123. The molecule has 0 fully saturated rings. The lowest BCUT2D eigenvalue weighted by atomic mass is 10.2. The first-order valence-electron chi connectivity index (χ1n) is 7.78. The van der Waals surface area contributed by atoms with Crippen LogP contribution in [0.25, 0.3) is 0 Å². The third-order valence-corrected chi connectivity index (χ3v) is 2.30. The highest BCUT2D eigenvalue weighted by atomic mass is 16.6. The summed E-state index contributed by atoms with van der Waals surface area (Å²) in [7, 11) is 0. The SMILES string of the molecule is CC(C)(C)OC(=O)NCC(NC(=O)OC(C)(C)C)C(=O)NCCN. The number of carbonyl (C=O) groups excluding carboxylic acids is 3. The standard InChI is InChI=1S/C15H30N4O5/c1-14(2,3)23-12(21)18-9-10(11(20)17-8-7-16)19-13(22)24-15(4,5)6/h10H,7-9,16H2,1-6H3,(H,17,20)(H,18,21)(H,19,22). The van der Waals surface area contributed by atoms with Gasteiger partial charge >= 0.3 is 12.2 Å². The van der Waals surface area contributed by atoms with Gasteiger partial charge in [0.05, 0.1) is 6.54 Å². The van der Waals surface area contributed by atoms with Crippen molar-refractivity contribution in [3.05, 3.63) is 0 Å². The number of hydrogen-bond donors (Lipinski definition) is 4. The Morgan fingerprint density at radius 3 is 1.88 bits per heavy atom. The molecule has 0 aromatic rings. The van der Waals surface area contributed by atoms with Crippen LogP contribution >= 0.6 is 0 Å². The first-order valence-corrected chi connectivity index (χ1v) is 7.78. The Hall–Kier alpha value is -2.03. The maximum atomic E-state index is 12.1. The average Bonchev–Trinajstić information content (AvgIpc) is 2.36. The van der Waals surface area contributed by atoms with Gasteiger partial charge in [-0.05, 0) is 41.5 Å². The zero-order valence-corrected chi connectivity index (χ0v) is 15.3. The number of ether oxygens (including phenoxy) is 2. The molecule has 3 amide bonds. The highest BCUT2D eigenvalue weighted by Crippen LogP contribution is 2.07. The normalized spacial score (nSPS) is 12.8. The summed E-state index contributed by atoms with van der Waals surface area (Å²) in [6, 6.07) is -1.01. The average molecular weight is 346 g/mol. The molecule has 0 aromatic carbocycles. The molecule has 9 heteroatoms. The van der Waals surface area contributed by atoms with Gasteiger partial charge in [0.2, 0.25) is 5.91 Å². The van der Waals surface area contributed by atoms with Crippen LogP contribution in [-0.2, 0) is 14.3 Å². The van der Waals surface area contributed by atoms with Gasteiger partial charge in [0.25, 0.3) is 0 Å². The van der Waals surface area contributed by atoms with Gasteiger partial charge in [0.1, 0.15) is 17.2 Å². The first-order chi connectivity index (χ1) is 10.8. The molecule has 0 heterocycles. The van der Waals surface area contributed by atoms with Crippen LogP contribution < -0.4 is 21.7 Å². The van der Waals surface area contributed by atoms with Crippen molar-refractivity contribution < 1.29 is 23.9 Å². The monoisotopic (exact) mass is 346 g/mol. The first kappa shape index (κ1) is 22.0. The van der Waals surface area contributed by atoms with E-state index in [9.17, 15) is 14.4 Å². The van der Waals surface area contributed by atoms with E-state index in [1.165, 1.54) is 0 Å². The van der Waals surface area contributed by atoms with E-state index < -0.39 is 35.3 Å². The summed E-state index contributed by atoms with van der Waals surface area (Å²) in [6.07, 6.45) is -1.45. The minimum absolute atomic E-state index is 0.148. The maximum Gasteiger partial charge on any atom is 0.408 e. The summed E-state index contributed by atoms with van der Waals surface area (Å²) in [6.45, 7) is 10.6. The summed E-state index contributed by atoms with van der Waals surface area (Å²) >= 11 is 0. The van der Waals surface area contributed by atoms with Crippen LogP contribution in [0.2, 0.25) is 0 Å². The molecular weight excluding hydrogens is 316 g/mol. The molecule has 0 radical (unpaired) electrons. The van der Waals surface area contributed by atoms with Crippen molar-refractivity contribution in [3.63, 3.8) is 0 Å². The van der Waals surface area contributed by atoms with Gasteiger partial charge in [-0.15, -0.1) is 0 Å². The van der Waals surface area contributed by atoms with Gasteiger partial charge in [0.15, 0.2) is 0 Å². The topological polar surface area (TPSA) is 132 Å². The van der Waals surface area contributed by atoms with Crippen molar-refractivity contribution in [1.29, 1.82) is 0 Å². The van der Waals surface area contributed by atoms with E-state index in [2.05, 4.69) is 16.0 Å². The predicted octanol–water partition coefficient (Wildman–Crippen LogP) is 0.479. The minimum atomic E-state index is -1.01. The van der Waals surface area contributed by atoms with Gasteiger partial charge in [-0.25, -0.2) is 9.59 Å². The third-order valence-electron chi connectivity index (χ3n) is 2.30. The van der Waals surface area contributed by atoms with Crippen LogP contribution in [0.4, 0.5) is 9.59 Å². The Bertz CT molecular complexity index is 440. The second-order valence-electron chi connectivity index (χ2n) is 7.16. The van der Waals surface area contributed by atoms with Crippen LogP contribution in [0.3, 0.4) is 0 Å². The van der Waals surface area contributed by atoms with Crippen LogP contribution in [0.1, 0.15) is 41.5 Å². The Labute approximate surface area is 143 Å². The molecule has 0 aliphatic carbocycles. The van der Waals surface area contributed by atoms with Crippen molar-refractivity contribution in [1.82, 2.24) is 16.0 Å². The van der Waals surface area contributed by atoms with Gasteiger partial charge in [0, 0.05) is 13.1 Å². The lowest BCUT2D eigenvalue weighted by Gasteiger charge is -2.24. The van der Waals surface area contributed by atoms with Gasteiger partial charge in [-0.3, -0.25) is 4.79 Å². The number of carbonyl (C=O) groups is 3. The Kier molecular flexibility index (Phi) is 8.52. The fraction of sp³-hybridized carbons (Fsp3) is 0.800. The Morgan fingerprint density at radius 1 is 0.917 bits per heavy atom. The third kappa shape index (κ3) is 11.5. The molecule has 0 aliphatic heterocycles. The molecule has 5 N–H and O–H groups in total. The summed E-state index contributed by atoms with van der Waals surface area (Å²) in [5.41, 5.74) is 3.96. The lowest BCUT2D eigenvalue weighted by Crippen LogP contribution is -2.54. The van der Waals surface area contributed by atoms with E-state index in [4.69, 9.17) is 15.2 Å². The smallest absolute Gasteiger partial charge is 0.408 e. The van der Waals surface area contributed by atoms with Gasteiger partial charge < -0.3 is 31.2 Å². The van der Waals surface area contributed by atoms with E-state index in [0.29, 0.717) is 0 Å². The van der Waals surface area contributed by atoms with E-state index in [1.54, 1.807) is 41.5 Å². The summed E-state index contributed by atoms with van der Waals surface area (Å²) < 4.78 is 10.2. The van der Waals surface area contributed by atoms with Crippen molar-refractivity contribution in [2.24, 2.45) is 5.73 Å². The Morgan fingerprint density at radius 2 is 1.42 bits per heavy atom. The quantitative estimate of drug-likeness (QED) is 0.553. The van der Waals surface area contributed by atoms with Crippen LogP contribution in [0.15, 0.2) is 0 Å².